The Bertz CT molecular complexity index is 1010. The molecule has 2 aromatic heterocycles. The van der Waals surface area contributed by atoms with E-state index in [0.717, 1.165) is 11.8 Å². The van der Waals surface area contributed by atoms with Crippen molar-refractivity contribution in [2.45, 2.75) is 5.16 Å². The topological polar surface area (TPSA) is 93.4 Å². The molecule has 3 rings (SSSR count). The highest BCUT2D eigenvalue weighted by atomic mass is 32.2. The fourth-order valence-electron chi connectivity index (χ4n) is 2.22. The van der Waals surface area contributed by atoms with E-state index in [4.69, 9.17) is 0 Å². The number of sulfonamides is 1. The first-order valence-electron chi connectivity index (χ1n) is 6.60. The van der Waals surface area contributed by atoms with Crippen molar-refractivity contribution in [2.24, 2.45) is 0 Å². The van der Waals surface area contributed by atoms with Gasteiger partial charge < -0.3 is 0 Å². The molecule has 1 unspecified atom stereocenters. The van der Waals surface area contributed by atoms with Gasteiger partial charge in [-0.15, -0.1) is 5.10 Å². The smallest absolute Gasteiger partial charge is 0.237 e. The highest BCUT2D eigenvalue weighted by molar-refractivity contribution is 7.92. The molecule has 0 saturated heterocycles. The molecular formula is C14H14N4O3S2. The largest absolute Gasteiger partial charge is 0.283 e. The van der Waals surface area contributed by atoms with Crippen molar-refractivity contribution in [1.82, 2.24) is 14.6 Å². The van der Waals surface area contributed by atoms with E-state index in [0.29, 0.717) is 16.9 Å². The average Bonchev–Trinajstić information content (AvgIpc) is 2.89. The third-order valence-corrected chi connectivity index (χ3v) is 4.42. The summed E-state index contributed by atoms with van der Waals surface area (Å²) in [6.07, 6.45) is 4.18. The van der Waals surface area contributed by atoms with Crippen molar-refractivity contribution >= 4 is 32.0 Å². The van der Waals surface area contributed by atoms with Crippen LogP contribution in [-0.2, 0) is 20.8 Å². The van der Waals surface area contributed by atoms with Crippen LogP contribution in [0, 0.1) is 0 Å². The van der Waals surface area contributed by atoms with Crippen molar-refractivity contribution in [1.29, 1.82) is 0 Å². The second-order valence-corrected chi connectivity index (χ2v) is 7.99. The molecule has 9 heteroatoms. The van der Waals surface area contributed by atoms with Crippen molar-refractivity contribution in [2.75, 3.05) is 17.2 Å². The Labute approximate surface area is 135 Å². The van der Waals surface area contributed by atoms with Gasteiger partial charge in [-0.3, -0.25) is 8.93 Å². The summed E-state index contributed by atoms with van der Waals surface area (Å²) in [4.78, 5) is 4.05. The Morgan fingerprint density at radius 3 is 2.61 bits per heavy atom. The van der Waals surface area contributed by atoms with E-state index in [1.54, 1.807) is 28.9 Å². The van der Waals surface area contributed by atoms with Gasteiger partial charge in [0.2, 0.25) is 15.2 Å². The number of rotatable bonds is 4. The van der Waals surface area contributed by atoms with Crippen LogP contribution in [0.1, 0.15) is 0 Å². The molecule has 0 spiro atoms. The van der Waals surface area contributed by atoms with Crippen LogP contribution in [0.4, 0.5) is 5.69 Å². The summed E-state index contributed by atoms with van der Waals surface area (Å²) in [6, 6.07) is 10.6. The van der Waals surface area contributed by atoms with Crippen LogP contribution >= 0.6 is 0 Å². The quantitative estimate of drug-likeness (QED) is 0.770. The highest BCUT2D eigenvalue weighted by Gasteiger charge is 2.14. The van der Waals surface area contributed by atoms with Crippen LogP contribution in [-0.4, -0.2) is 39.7 Å². The lowest BCUT2D eigenvalue weighted by Crippen LogP contribution is -2.11. The summed E-state index contributed by atoms with van der Waals surface area (Å²) in [5, 5.41) is 4.49. The second kappa shape index (κ2) is 5.74. The first kappa shape index (κ1) is 15.6. The number of nitrogens with one attached hydrogen (secondary N) is 1. The summed E-state index contributed by atoms with van der Waals surface area (Å²) in [6.45, 7) is 0. The standard InChI is InChI=1S/C14H14N4O3S2/c1-22(19)14-15-9-10-7-8-13(18(10)16-14)11-5-3-4-6-12(11)17-23(2,20)21/h3-9,17H,1-2H3. The van der Waals surface area contributed by atoms with Crippen LogP contribution in [0.15, 0.2) is 47.8 Å². The average molecular weight is 350 g/mol. The van der Waals surface area contributed by atoms with Gasteiger partial charge in [0.05, 0.1) is 40.2 Å². The Balaban J connectivity index is 2.21. The zero-order valence-electron chi connectivity index (χ0n) is 12.4. The van der Waals surface area contributed by atoms with E-state index in [-0.39, 0.29) is 5.16 Å². The van der Waals surface area contributed by atoms with Crippen molar-refractivity contribution in [3.8, 4) is 11.3 Å². The molecule has 3 aromatic rings. The maximum absolute atomic E-state index is 11.6. The Kier molecular flexibility index (Phi) is 3.90. The van der Waals surface area contributed by atoms with Crippen molar-refractivity contribution in [3.63, 3.8) is 0 Å². The molecule has 0 saturated carbocycles. The zero-order chi connectivity index (χ0) is 16.6. The number of nitrogens with zero attached hydrogens (tertiary/aromatic N) is 3. The lowest BCUT2D eigenvalue weighted by molar-refractivity contribution is 0.607. The number of hydrogen-bond donors (Lipinski definition) is 1. The van der Waals surface area contributed by atoms with Crippen LogP contribution in [0.2, 0.25) is 0 Å². The number of hydrogen-bond acceptors (Lipinski definition) is 5. The number of fused-ring (bicyclic) bond motifs is 1. The number of aromatic nitrogens is 3. The summed E-state index contributed by atoms with van der Waals surface area (Å²) >= 11 is 0. The molecule has 120 valence electrons. The highest BCUT2D eigenvalue weighted by Crippen LogP contribution is 2.29. The first-order valence-corrected chi connectivity index (χ1v) is 10.1. The molecule has 7 nitrogen and oxygen atoms in total. The van der Waals surface area contributed by atoms with E-state index in [2.05, 4.69) is 14.8 Å². The summed E-state index contributed by atoms with van der Waals surface area (Å²) in [5.74, 6) is 0. The molecule has 1 N–H and O–H groups in total. The van der Waals surface area contributed by atoms with Gasteiger partial charge in [0.1, 0.15) is 0 Å². The SMILES string of the molecule is CS(=O)c1ncc2ccc(-c3ccccc3NS(C)(=O)=O)n2n1. The summed E-state index contributed by atoms with van der Waals surface area (Å²) < 4.78 is 38.8. The van der Waals surface area contributed by atoms with Crippen LogP contribution in [0.3, 0.4) is 0 Å². The van der Waals surface area contributed by atoms with Gasteiger partial charge in [-0.2, -0.15) is 0 Å². The molecule has 0 bridgehead atoms. The Morgan fingerprint density at radius 2 is 1.91 bits per heavy atom. The van der Waals surface area contributed by atoms with E-state index >= 15 is 0 Å². The van der Waals surface area contributed by atoms with Gasteiger partial charge in [-0.1, -0.05) is 18.2 Å². The number of para-hydroxylation sites is 1. The second-order valence-electron chi connectivity index (χ2n) is 4.97. The molecule has 23 heavy (non-hydrogen) atoms. The van der Waals surface area contributed by atoms with E-state index in [1.165, 1.54) is 6.26 Å². The predicted octanol–water partition coefficient (Wildman–Crippen LogP) is 1.51. The van der Waals surface area contributed by atoms with Gasteiger partial charge in [0, 0.05) is 11.8 Å². The number of anilines is 1. The van der Waals surface area contributed by atoms with Gasteiger partial charge in [0.25, 0.3) is 0 Å². The molecule has 0 aliphatic rings. The van der Waals surface area contributed by atoms with Crippen molar-refractivity contribution < 1.29 is 12.6 Å². The molecule has 1 aromatic carbocycles. The lowest BCUT2D eigenvalue weighted by atomic mass is 10.1. The monoisotopic (exact) mass is 350 g/mol. The lowest BCUT2D eigenvalue weighted by Gasteiger charge is -2.10. The van der Waals surface area contributed by atoms with Gasteiger partial charge in [-0.05, 0) is 18.2 Å². The molecule has 0 aliphatic carbocycles. The minimum Gasteiger partial charge on any atom is -0.283 e. The molecular weight excluding hydrogens is 336 g/mol. The van der Waals surface area contributed by atoms with E-state index < -0.39 is 20.8 Å². The maximum atomic E-state index is 11.6. The fourth-order valence-corrected chi connectivity index (χ4v) is 3.19. The normalized spacial score (nSPS) is 13.1. The Hall–Kier alpha value is -2.26. The molecule has 2 heterocycles. The predicted molar refractivity (Wildman–Crippen MR) is 89.2 cm³/mol. The third kappa shape index (κ3) is 3.25. The zero-order valence-corrected chi connectivity index (χ0v) is 14.1. The molecule has 1 atom stereocenters. The van der Waals surface area contributed by atoms with Gasteiger partial charge >= 0.3 is 0 Å². The van der Waals surface area contributed by atoms with Gasteiger partial charge in [-0.25, -0.2) is 17.9 Å². The third-order valence-electron chi connectivity index (χ3n) is 3.13. The van der Waals surface area contributed by atoms with Crippen LogP contribution in [0.5, 0.6) is 0 Å². The van der Waals surface area contributed by atoms with Gasteiger partial charge in [0.15, 0.2) is 0 Å². The minimum atomic E-state index is -3.41. The number of benzene rings is 1. The van der Waals surface area contributed by atoms with E-state index in [9.17, 15) is 12.6 Å². The fraction of sp³-hybridized carbons (Fsp3) is 0.143. The Morgan fingerprint density at radius 1 is 1.17 bits per heavy atom. The minimum absolute atomic E-state index is 0.212. The summed E-state index contributed by atoms with van der Waals surface area (Å²) in [5.41, 5.74) is 2.53. The van der Waals surface area contributed by atoms with E-state index in [1.807, 2.05) is 18.2 Å². The maximum Gasteiger partial charge on any atom is 0.237 e. The summed E-state index contributed by atoms with van der Waals surface area (Å²) in [7, 11) is -4.72. The molecule has 0 fully saturated rings. The van der Waals surface area contributed by atoms with Crippen LogP contribution < -0.4 is 4.72 Å². The van der Waals surface area contributed by atoms with Crippen molar-refractivity contribution in [3.05, 3.63) is 42.6 Å². The molecule has 0 amide bonds. The molecule has 0 radical (unpaired) electrons. The molecule has 0 aliphatic heterocycles. The first-order chi connectivity index (χ1) is 10.8. The van der Waals surface area contributed by atoms with Crippen LogP contribution in [0.25, 0.3) is 16.8 Å².